The number of nitrogens with zero attached hydrogens (tertiary/aromatic N) is 7. The van der Waals surface area contributed by atoms with Crippen molar-refractivity contribution >= 4 is 39.4 Å². The number of oxazole rings is 3. The van der Waals surface area contributed by atoms with Crippen LogP contribution in [0.3, 0.4) is 0 Å². The lowest BCUT2D eigenvalue weighted by molar-refractivity contribution is 0.251. The number of rotatable bonds is 8. The van der Waals surface area contributed by atoms with Gasteiger partial charge in [0.1, 0.15) is 22.2 Å². The maximum absolute atomic E-state index is 6.18. The van der Waals surface area contributed by atoms with E-state index in [9.17, 15) is 0 Å². The van der Waals surface area contributed by atoms with Crippen LogP contribution in [0.5, 0.6) is 5.88 Å². The van der Waals surface area contributed by atoms with Crippen LogP contribution >= 0.6 is 0 Å². The second-order valence-corrected chi connectivity index (χ2v) is 15.8. The minimum Gasteiger partial charge on any atom is -0.448 e. The van der Waals surface area contributed by atoms with Gasteiger partial charge in [-0.1, -0.05) is 60.7 Å². The van der Waals surface area contributed by atoms with E-state index in [0.29, 0.717) is 57.2 Å². The molecule has 0 radical (unpaired) electrons. The number of anilines is 1. The van der Waals surface area contributed by atoms with Gasteiger partial charge in [-0.25, -0.2) is 34.9 Å². The highest BCUT2D eigenvalue weighted by Crippen LogP contribution is 2.44. The average Bonchev–Trinajstić information content (AvgIpc) is 4.21. The number of aromatic nitrogens is 7. The largest absolute Gasteiger partial charge is 0.448 e. The molecule has 0 amide bonds. The van der Waals surface area contributed by atoms with E-state index in [-0.39, 0.29) is 6.23 Å². The molecule has 12 nitrogen and oxygen atoms in total. The molecule has 7 aromatic heterocycles. The highest BCUT2D eigenvalue weighted by Gasteiger charge is 2.25. The Morgan fingerprint density at radius 3 is 1.09 bits per heavy atom. The summed E-state index contributed by atoms with van der Waals surface area (Å²) >= 11 is 0. The summed E-state index contributed by atoms with van der Waals surface area (Å²) in [4.78, 5) is 31.5. The quantitative estimate of drug-likeness (QED) is 0.155. The molecule has 13 rings (SSSR count). The summed E-state index contributed by atoms with van der Waals surface area (Å²) in [5.41, 5.74) is 16.2. The van der Waals surface area contributed by atoms with Crippen molar-refractivity contribution in [3.63, 3.8) is 0 Å². The van der Waals surface area contributed by atoms with Crippen LogP contribution in [0.2, 0.25) is 0 Å². The molecule has 12 heteroatoms. The van der Waals surface area contributed by atoms with Gasteiger partial charge in [-0.15, -0.1) is 0 Å². The number of hydrogen-bond acceptors (Lipinski definition) is 12. The van der Waals surface area contributed by atoms with Gasteiger partial charge in [-0.3, -0.25) is 0 Å². The van der Waals surface area contributed by atoms with Crippen molar-refractivity contribution in [2.45, 2.75) is 6.23 Å². The zero-order valence-electron chi connectivity index (χ0n) is 34.7. The van der Waals surface area contributed by atoms with Gasteiger partial charge in [0.15, 0.2) is 6.23 Å². The highest BCUT2D eigenvalue weighted by atomic mass is 16.5. The monoisotopic (exact) mass is 856 g/mol. The third-order valence-electron chi connectivity index (χ3n) is 11.8. The van der Waals surface area contributed by atoms with E-state index in [1.807, 2.05) is 84.9 Å². The van der Waals surface area contributed by atoms with Crippen molar-refractivity contribution in [1.29, 1.82) is 0 Å². The molecular formula is C54H32N8O4. The molecule has 12 aromatic rings. The van der Waals surface area contributed by atoms with Crippen LogP contribution < -0.4 is 10.1 Å². The van der Waals surface area contributed by atoms with Crippen molar-refractivity contribution in [2.75, 3.05) is 5.32 Å². The van der Waals surface area contributed by atoms with Crippen molar-refractivity contribution < 1.29 is 18.0 Å². The van der Waals surface area contributed by atoms with E-state index in [4.69, 9.17) is 32.9 Å². The molecule has 0 bridgehead atoms. The molecule has 0 saturated heterocycles. The lowest BCUT2D eigenvalue weighted by atomic mass is 9.85. The molecule has 312 valence electrons. The minimum atomic E-state index is -0.361. The molecule has 66 heavy (non-hydrogen) atoms. The van der Waals surface area contributed by atoms with Crippen LogP contribution in [0.4, 0.5) is 5.69 Å². The van der Waals surface area contributed by atoms with Crippen LogP contribution in [-0.4, -0.2) is 34.9 Å². The Hall–Kier alpha value is -9.29. The van der Waals surface area contributed by atoms with E-state index >= 15 is 0 Å². The van der Waals surface area contributed by atoms with Gasteiger partial charge in [0, 0.05) is 47.0 Å². The van der Waals surface area contributed by atoms with E-state index in [0.717, 1.165) is 72.4 Å². The molecule has 8 heterocycles. The van der Waals surface area contributed by atoms with Gasteiger partial charge in [0.25, 0.3) is 0 Å². The second kappa shape index (κ2) is 15.2. The van der Waals surface area contributed by atoms with Crippen molar-refractivity contribution in [3.8, 4) is 84.8 Å². The first kappa shape index (κ1) is 37.3. The van der Waals surface area contributed by atoms with Gasteiger partial charge < -0.3 is 23.3 Å². The minimum absolute atomic E-state index is 0.361. The summed E-state index contributed by atoms with van der Waals surface area (Å²) in [5, 5.41) is 3.45. The number of ether oxygens (including phenoxy) is 1. The number of benzene rings is 5. The molecule has 0 fully saturated rings. The highest BCUT2D eigenvalue weighted by molar-refractivity contribution is 5.96. The summed E-state index contributed by atoms with van der Waals surface area (Å²) in [6.07, 6.45) is 6.48. The van der Waals surface area contributed by atoms with Crippen LogP contribution in [0.1, 0.15) is 11.8 Å². The maximum atomic E-state index is 6.18. The second-order valence-electron chi connectivity index (χ2n) is 15.8. The van der Waals surface area contributed by atoms with E-state index in [1.54, 1.807) is 24.8 Å². The van der Waals surface area contributed by atoms with Gasteiger partial charge in [-0.05, 0) is 142 Å². The Labute approximate surface area is 375 Å². The molecule has 1 atom stereocenters. The van der Waals surface area contributed by atoms with E-state index in [1.165, 1.54) is 0 Å². The van der Waals surface area contributed by atoms with Gasteiger partial charge in [0.05, 0.1) is 0 Å². The van der Waals surface area contributed by atoms with Crippen molar-refractivity contribution in [2.24, 2.45) is 0 Å². The standard InChI is InChI=1S/C54H32N8O4/c1-5-43-51(55-25-1)63-47(59-43)35-17-9-31(10-18-35)39-29-41(33-13-21-37(22-14-33)49-61-45-7-3-27-57-53(45)65-49)42(34-15-23-38(24-16-34)50-62-46-8-4-28-58-54(46)66-50)30-40(39)32-11-19-36(20-12-32)48-60-44-6-2-26-56-52(44)64-48/h1-30,47,59H. The van der Waals surface area contributed by atoms with Crippen LogP contribution in [0, 0.1) is 0 Å². The molecular weight excluding hydrogens is 825 g/mol. The number of hydrogen-bond donors (Lipinski definition) is 1. The molecule has 0 spiro atoms. The fraction of sp³-hybridized carbons (Fsp3) is 0.0185. The van der Waals surface area contributed by atoms with Gasteiger partial charge in [-0.2, -0.15) is 0 Å². The first-order valence-electron chi connectivity index (χ1n) is 21.3. The summed E-state index contributed by atoms with van der Waals surface area (Å²) in [7, 11) is 0. The van der Waals surface area contributed by atoms with E-state index in [2.05, 4.69) is 98.0 Å². The predicted molar refractivity (Wildman–Crippen MR) is 252 cm³/mol. The Morgan fingerprint density at radius 1 is 0.364 bits per heavy atom. The summed E-state index contributed by atoms with van der Waals surface area (Å²) in [5.74, 6) is 2.11. The SMILES string of the molecule is c1cnc2c(c1)NC(c1ccc(-c3cc(-c4ccc(-c5nc6cccnc6o5)cc4)c(-c4ccc(-c5nc6cccnc6o5)cc4)cc3-c3ccc(-c4nc5cccnc5o4)cc3)cc1)O2. The first-order valence-corrected chi connectivity index (χ1v) is 21.3. The molecule has 1 unspecified atom stereocenters. The summed E-state index contributed by atoms with van der Waals surface area (Å²) in [6.45, 7) is 0. The first-order chi connectivity index (χ1) is 32.6. The Morgan fingerprint density at radius 2 is 0.712 bits per heavy atom. The maximum Gasteiger partial charge on any atom is 0.247 e. The molecule has 1 N–H and O–H groups in total. The zero-order chi connectivity index (χ0) is 43.6. The van der Waals surface area contributed by atoms with E-state index < -0.39 is 0 Å². The van der Waals surface area contributed by atoms with Crippen LogP contribution in [-0.2, 0) is 0 Å². The Bertz CT molecular complexity index is 3640. The zero-order valence-corrected chi connectivity index (χ0v) is 34.7. The average molecular weight is 857 g/mol. The third kappa shape index (κ3) is 6.59. The Balaban J connectivity index is 0.954. The fourth-order valence-corrected chi connectivity index (χ4v) is 8.48. The number of nitrogens with one attached hydrogen (secondary N) is 1. The summed E-state index contributed by atoms with van der Waals surface area (Å²) < 4.78 is 24.3. The van der Waals surface area contributed by atoms with Crippen LogP contribution in [0.15, 0.2) is 196 Å². The van der Waals surface area contributed by atoms with Crippen LogP contribution in [0.25, 0.3) is 113 Å². The lowest BCUT2D eigenvalue weighted by Gasteiger charge is -2.19. The van der Waals surface area contributed by atoms with Gasteiger partial charge in [0.2, 0.25) is 40.7 Å². The topological polar surface area (TPSA) is 151 Å². The summed E-state index contributed by atoms with van der Waals surface area (Å²) in [6, 6.07) is 53.1. The number of fused-ring (bicyclic) bond motifs is 4. The third-order valence-corrected chi connectivity index (χ3v) is 11.8. The van der Waals surface area contributed by atoms with Crippen molar-refractivity contribution in [3.05, 3.63) is 188 Å². The molecule has 0 aliphatic carbocycles. The molecule has 5 aromatic carbocycles. The molecule has 1 aliphatic heterocycles. The predicted octanol–water partition coefficient (Wildman–Crippen LogP) is 12.9. The Kier molecular flexibility index (Phi) is 8.59. The lowest BCUT2D eigenvalue weighted by Crippen LogP contribution is -2.09. The van der Waals surface area contributed by atoms with Crippen molar-refractivity contribution in [1.82, 2.24) is 34.9 Å². The molecule has 1 aliphatic rings. The molecule has 0 saturated carbocycles. The fourth-order valence-electron chi connectivity index (χ4n) is 8.48. The number of pyridine rings is 4. The van der Waals surface area contributed by atoms with Gasteiger partial charge >= 0.3 is 0 Å². The smallest absolute Gasteiger partial charge is 0.247 e. The normalized spacial score (nSPS) is 13.2.